The van der Waals surface area contributed by atoms with Crippen molar-refractivity contribution in [1.29, 1.82) is 0 Å². The Kier molecular flexibility index (Phi) is 1.95. The molecule has 0 aromatic carbocycles. The van der Waals surface area contributed by atoms with E-state index in [1.54, 1.807) is 0 Å². The summed E-state index contributed by atoms with van der Waals surface area (Å²) < 4.78 is 12.3. The van der Waals surface area contributed by atoms with E-state index < -0.39 is 11.6 Å². The van der Waals surface area contributed by atoms with Gasteiger partial charge in [-0.05, 0) is 13.3 Å². The third-order valence-corrected chi connectivity index (χ3v) is 1.11. The first-order chi connectivity index (χ1) is 3.50. The molecule has 8 heavy (non-hydrogen) atoms. The van der Waals surface area contributed by atoms with Gasteiger partial charge in [-0.3, -0.25) is 0 Å². The minimum atomic E-state index is -2.04. The molecule has 0 aliphatic heterocycles. The summed E-state index contributed by atoms with van der Waals surface area (Å²) in [6, 6.07) is 0. The number of halogens is 1. The molecule has 0 saturated carbocycles. The minimum absolute atomic E-state index is 0.0162. The lowest BCUT2D eigenvalue weighted by Crippen LogP contribution is -2.28. The lowest BCUT2D eigenvalue weighted by molar-refractivity contribution is -0.149. The first-order valence-electron chi connectivity index (χ1n) is 2.43. The summed E-state index contributed by atoms with van der Waals surface area (Å²) in [5.41, 5.74) is -2.04. The van der Waals surface area contributed by atoms with Crippen LogP contribution >= 0.6 is 0 Å². The molecule has 0 spiro atoms. The molecule has 1 atom stereocenters. The average Bonchev–Trinajstić information content (AvgIpc) is 1.67. The standard InChI is InChI=1S/C5H9FO2/c1-3-5(2,6)4(7)8/h3H2,1-2H3,(H,7,8). The number of carboxylic acids is 1. The highest BCUT2D eigenvalue weighted by molar-refractivity contribution is 5.76. The van der Waals surface area contributed by atoms with Crippen molar-refractivity contribution in [2.45, 2.75) is 25.9 Å². The smallest absolute Gasteiger partial charge is 0.341 e. The SMILES string of the molecule is CCC(C)(F)C(=O)O. The van der Waals surface area contributed by atoms with Gasteiger partial charge in [0.1, 0.15) is 0 Å². The van der Waals surface area contributed by atoms with Crippen LogP contribution in [-0.4, -0.2) is 16.7 Å². The van der Waals surface area contributed by atoms with Crippen molar-refractivity contribution >= 4 is 5.97 Å². The van der Waals surface area contributed by atoms with Crippen LogP contribution in [0.1, 0.15) is 20.3 Å². The number of carboxylic acid groups (broad SMARTS) is 1. The van der Waals surface area contributed by atoms with Crippen molar-refractivity contribution in [3.05, 3.63) is 0 Å². The fourth-order valence-corrected chi connectivity index (χ4v) is 0.151. The summed E-state index contributed by atoms with van der Waals surface area (Å²) in [6.07, 6.45) is 0.0162. The molecule has 2 nitrogen and oxygen atoms in total. The summed E-state index contributed by atoms with van der Waals surface area (Å²) in [5, 5.41) is 8.07. The first kappa shape index (κ1) is 7.40. The highest BCUT2D eigenvalue weighted by Gasteiger charge is 2.29. The zero-order chi connectivity index (χ0) is 6.78. The highest BCUT2D eigenvalue weighted by Crippen LogP contribution is 2.13. The van der Waals surface area contributed by atoms with E-state index in [0.29, 0.717) is 0 Å². The number of hydrogen-bond donors (Lipinski definition) is 1. The quantitative estimate of drug-likeness (QED) is 0.594. The van der Waals surface area contributed by atoms with E-state index in [1.807, 2.05) is 0 Å². The molecule has 0 fully saturated rings. The van der Waals surface area contributed by atoms with Crippen molar-refractivity contribution in [2.75, 3.05) is 0 Å². The van der Waals surface area contributed by atoms with Gasteiger partial charge in [-0.15, -0.1) is 0 Å². The van der Waals surface area contributed by atoms with Gasteiger partial charge in [0, 0.05) is 0 Å². The Morgan fingerprint density at radius 3 is 2.25 bits per heavy atom. The molecule has 0 radical (unpaired) electrons. The van der Waals surface area contributed by atoms with Crippen LogP contribution in [-0.2, 0) is 4.79 Å². The van der Waals surface area contributed by atoms with Crippen molar-refractivity contribution in [2.24, 2.45) is 0 Å². The molecule has 0 amide bonds. The van der Waals surface area contributed by atoms with E-state index in [2.05, 4.69) is 0 Å². The van der Waals surface area contributed by atoms with Gasteiger partial charge >= 0.3 is 5.97 Å². The Labute approximate surface area is 47.3 Å². The van der Waals surface area contributed by atoms with Crippen LogP contribution < -0.4 is 0 Å². The number of hydrogen-bond acceptors (Lipinski definition) is 1. The lowest BCUT2D eigenvalue weighted by atomic mass is 10.1. The first-order valence-corrected chi connectivity index (χ1v) is 2.43. The van der Waals surface area contributed by atoms with Crippen molar-refractivity contribution in [3.63, 3.8) is 0 Å². The van der Waals surface area contributed by atoms with Crippen molar-refractivity contribution in [3.8, 4) is 0 Å². The van der Waals surface area contributed by atoms with Crippen molar-refractivity contribution < 1.29 is 14.3 Å². The van der Waals surface area contributed by atoms with Crippen LogP contribution in [0, 0.1) is 0 Å². The van der Waals surface area contributed by atoms with E-state index in [1.165, 1.54) is 6.92 Å². The molecule has 0 saturated heterocycles. The van der Waals surface area contributed by atoms with Crippen LogP contribution in [0.3, 0.4) is 0 Å². The molecule has 0 heterocycles. The molecule has 0 aliphatic carbocycles. The number of alkyl halides is 1. The average molecular weight is 120 g/mol. The fourth-order valence-electron chi connectivity index (χ4n) is 0.151. The summed E-state index contributed by atoms with van der Waals surface area (Å²) in [5.74, 6) is -1.39. The van der Waals surface area contributed by atoms with Crippen LogP contribution in [0.5, 0.6) is 0 Å². The van der Waals surface area contributed by atoms with E-state index >= 15 is 0 Å². The van der Waals surface area contributed by atoms with Crippen LogP contribution in [0.2, 0.25) is 0 Å². The largest absolute Gasteiger partial charge is 0.479 e. The zero-order valence-corrected chi connectivity index (χ0v) is 4.94. The van der Waals surface area contributed by atoms with E-state index in [-0.39, 0.29) is 6.42 Å². The molecule has 48 valence electrons. The van der Waals surface area contributed by atoms with E-state index in [9.17, 15) is 9.18 Å². The second-order valence-corrected chi connectivity index (χ2v) is 1.86. The molecule has 0 aromatic rings. The molecular weight excluding hydrogens is 111 g/mol. The van der Waals surface area contributed by atoms with Crippen LogP contribution in [0.15, 0.2) is 0 Å². The van der Waals surface area contributed by atoms with Gasteiger partial charge in [0.05, 0.1) is 0 Å². The van der Waals surface area contributed by atoms with Crippen molar-refractivity contribution in [1.82, 2.24) is 0 Å². The molecular formula is C5H9FO2. The number of aliphatic carboxylic acids is 1. The Bertz CT molecular complexity index is 98.6. The molecule has 0 aromatic heterocycles. The predicted octanol–water partition coefficient (Wildman–Crippen LogP) is 1.21. The highest BCUT2D eigenvalue weighted by atomic mass is 19.1. The lowest BCUT2D eigenvalue weighted by Gasteiger charge is -2.09. The van der Waals surface area contributed by atoms with Gasteiger partial charge in [0.25, 0.3) is 0 Å². The second-order valence-electron chi connectivity index (χ2n) is 1.86. The van der Waals surface area contributed by atoms with E-state index in [0.717, 1.165) is 6.92 Å². The van der Waals surface area contributed by atoms with E-state index in [4.69, 9.17) is 5.11 Å². The van der Waals surface area contributed by atoms with Gasteiger partial charge in [-0.25, -0.2) is 9.18 Å². The zero-order valence-electron chi connectivity index (χ0n) is 4.94. The maximum atomic E-state index is 12.3. The molecule has 1 unspecified atom stereocenters. The molecule has 1 N–H and O–H groups in total. The Morgan fingerprint density at radius 1 is 1.88 bits per heavy atom. The predicted molar refractivity (Wildman–Crippen MR) is 27.4 cm³/mol. The Hall–Kier alpha value is -0.600. The Morgan fingerprint density at radius 2 is 2.25 bits per heavy atom. The maximum Gasteiger partial charge on any atom is 0.341 e. The molecule has 0 bridgehead atoms. The topological polar surface area (TPSA) is 37.3 Å². The maximum absolute atomic E-state index is 12.3. The Balaban J connectivity index is 3.91. The third-order valence-electron chi connectivity index (χ3n) is 1.11. The monoisotopic (exact) mass is 120 g/mol. The summed E-state index contributed by atoms with van der Waals surface area (Å²) in [7, 11) is 0. The summed E-state index contributed by atoms with van der Waals surface area (Å²) >= 11 is 0. The number of carbonyl (C=O) groups is 1. The fraction of sp³-hybridized carbons (Fsp3) is 0.800. The molecule has 0 aliphatic rings. The summed E-state index contributed by atoms with van der Waals surface area (Å²) in [6.45, 7) is 2.55. The third kappa shape index (κ3) is 1.48. The number of rotatable bonds is 2. The molecule has 3 heteroatoms. The van der Waals surface area contributed by atoms with Gasteiger partial charge in [-0.1, -0.05) is 6.92 Å². The van der Waals surface area contributed by atoms with Gasteiger partial charge in [0.15, 0.2) is 0 Å². The van der Waals surface area contributed by atoms with Gasteiger partial charge < -0.3 is 5.11 Å². The van der Waals surface area contributed by atoms with Gasteiger partial charge in [-0.2, -0.15) is 0 Å². The summed E-state index contributed by atoms with van der Waals surface area (Å²) in [4.78, 5) is 9.88. The minimum Gasteiger partial charge on any atom is -0.479 e. The normalized spacial score (nSPS) is 17.4. The van der Waals surface area contributed by atoms with Crippen LogP contribution in [0.25, 0.3) is 0 Å². The molecule has 0 rings (SSSR count). The van der Waals surface area contributed by atoms with Crippen LogP contribution in [0.4, 0.5) is 4.39 Å². The van der Waals surface area contributed by atoms with Gasteiger partial charge in [0.2, 0.25) is 5.67 Å². The second kappa shape index (κ2) is 2.11.